The Morgan fingerprint density at radius 3 is 2.07 bits per heavy atom. The van der Waals surface area contributed by atoms with Gasteiger partial charge in [-0.15, -0.1) is 5.10 Å². The summed E-state index contributed by atoms with van der Waals surface area (Å²) >= 11 is 0. The van der Waals surface area contributed by atoms with Crippen LogP contribution >= 0.6 is 0 Å². The average Bonchev–Trinajstić information content (AvgIpc) is 3.00. The molecule has 3 rings (SSSR count). The van der Waals surface area contributed by atoms with Crippen LogP contribution in [0.1, 0.15) is 19.4 Å². The maximum Gasteiger partial charge on any atom is 0.248 e. The predicted molar refractivity (Wildman–Crippen MR) is 109 cm³/mol. The molecule has 0 unspecified atom stereocenters. The average molecular weight is 390 g/mol. The van der Waals surface area contributed by atoms with Gasteiger partial charge in [0.2, 0.25) is 23.7 Å². The number of carbonyl (C=O) groups excluding carboxylic acids is 2. The summed E-state index contributed by atoms with van der Waals surface area (Å²) in [6.07, 6.45) is 0. The van der Waals surface area contributed by atoms with Crippen molar-refractivity contribution >= 4 is 40.8 Å². The highest BCUT2D eigenvalue weighted by Crippen LogP contribution is 2.25. The molecule has 3 aromatic rings. The van der Waals surface area contributed by atoms with Gasteiger partial charge >= 0.3 is 0 Å². The molecule has 1 heterocycles. The van der Waals surface area contributed by atoms with E-state index in [9.17, 15) is 9.59 Å². The van der Waals surface area contributed by atoms with Crippen LogP contribution in [0.2, 0.25) is 0 Å². The van der Waals surface area contributed by atoms with Crippen LogP contribution in [-0.4, -0.2) is 26.6 Å². The number of carbonyl (C=O) groups is 2. The zero-order valence-corrected chi connectivity index (χ0v) is 15.7. The lowest BCUT2D eigenvalue weighted by molar-refractivity contribution is -0.115. The van der Waals surface area contributed by atoms with E-state index in [-0.39, 0.29) is 23.7 Å². The van der Waals surface area contributed by atoms with Crippen molar-refractivity contribution in [3.8, 4) is 11.8 Å². The molecule has 2 aromatic carbocycles. The number of hydrogen-bond acceptors (Lipinski definition) is 7. The fourth-order valence-electron chi connectivity index (χ4n) is 2.62. The molecule has 1 aromatic heterocycles. The predicted octanol–water partition coefficient (Wildman–Crippen LogP) is 2.38. The minimum atomic E-state index is -0.247. The molecule has 0 aliphatic rings. The van der Waals surface area contributed by atoms with Gasteiger partial charge in [-0.2, -0.15) is 14.9 Å². The molecule has 0 spiro atoms. The summed E-state index contributed by atoms with van der Waals surface area (Å²) in [5.74, 6) is -0.121. The second-order valence-electron chi connectivity index (χ2n) is 6.15. The van der Waals surface area contributed by atoms with Crippen LogP contribution in [0, 0.1) is 11.3 Å². The first-order valence-electron chi connectivity index (χ1n) is 8.54. The Hall–Kier alpha value is -4.39. The molecule has 0 aliphatic heterocycles. The number of nitrogens with two attached hydrogens (primary N) is 1. The minimum absolute atomic E-state index is 0.150. The van der Waals surface area contributed by atoms with Crippen molar-refractivity contribution in [3.63, 3.8) is 0 Å². The van der Waals surface area contributed by atoms with E-state index in [1.807, 2.05) is 6.07 Å². The summed E-state index contributed by atoms with van der Waals surface area (Å²) in [6, 6.07) is 13.7. The quantitative estimate of drug-likeness (QED) is 0.522. The highest BCUT2D eigenvalue weighted by molar-refractivity contribution is 5.93. The van der Waals surface area contributed by atoms with Crippen molar-refractivity contribution in [2.75, 3.05) is 21.7 Å². The summed E-state index contributed by atoms with van der Waals surface area (Å²) in [5.41, 5.74) is 8.65. The monoisotopic (exact) mass is 390 g/mol. The largest absolute Gasteiger partial charge is 0.368 e. The highest BCUT2D eigenvalue weighted by atomic mass is 16.2. The standard InChI is InChI=1S/C19H18N8O2/c1-11(28)22-14-7-15(23-12(2)29)9-16(8-14)24-19-25-18(21)27(26-19)17-5-3-13(10-20)4-6-17/h3-9H,1-2H3,(H,22,28)(H,23,29)(H3,21,24,25,26). The van der Waals surface area contributed by atoms with E-state index in [2.05, 4.69) is 26.0 Å². The van der Waals surface area contributed by atoms with E-state index < -0.39 is 0 Å². The first-order valence-corrected chi connectivity index (χ1v) is 8.54. The summed E-state index contributed by atoms with van der Waals surface area (Å²) < 4.78 is 1.43. The highest BCUT2D eigenvalue weighted by Gasteiger charge is 2.11. The molecule has 0 saturated heterocycles. The Morgan fingerprint density at radius 1 is 1.00 bits per heavy atom. The lowest BCUT2D eigenvalue weighted by atomic mass is 10.2. The zero-order valence-electron chi connectivity index (χ0n) is 15.7. The summed E-state index contributed by atoms with van der Waals surface area (Å²) in [4.78, 5) is 27.0. The van der Waals surface area contributed by atoms with Crippen molar-refractivity contribution in [2.24, 2.45) is 0 Å². The molecular formula is C19H18N8O2. The second kappa shape index (κ2) is 8.10. The van der Waals surface area contributed by atoms with Crippen LogP contribution in [0.15, 0.2) is 42.5 Å². The van der Waals surface area contributed by atoms with Crippen LogP contribution in [0.5, 0.6) is 0 Å². The van der Waals surface area contributed by atoms with Crippen molar-refractivity contribution in [1.29, 1.82) is 5.26 Å². The zero-order chi connectivity index (χ0) is 21.0. The Labute approximate surface area is 166 Å². The number of anilines is 5. The fraction of sp³-hybridized carbons (Fsp3) is 0.105. The third kappa shape index (κ3) is 4.86. The number of nitrogen functional groups attached to an aromatic ring is 1. The number of nitrogens with one attached hydrogen (secondary N) is 3. The molecule has 2 amide bonds. The lowest BCUT2D eigenvalue weighted by Crippen LogP contribution is -2.09. The summed E-state index contributed by atoms with van der Waals surface area (Å²) in [7, 11) is 0. The van der Waals surface area contributed by atoms with Gasteiger partial charge in [-0.1, -0.05) is 0 Å². The van der Waals surface area contributed by atoms with Crippen LogP contribution in [-0.2, 0) is 9.59 Å². The molecule has 0 bridgehead atoms. The normalized spacial score (nSPS) is 10.1. The van der Waals surface area contributed by atoms with E-state index in [4.69, 9.17) is 11.0 Å². The first kappa shape index (κ1) is 19.4. The van der Waals surface area contributed by atoms with Crippen LogP contribution in [0.25, 0.3) is 5.69 Å². The van der Waals surface area contributed by atoms with E-state index >= 15 is 0 Å². The SMILES string of the molecule is CC(=O)Nc1cc(NC(C)=O)cc(Nc2nc(N)n(-c3ccc(C#N)cc3)n2)c1. The molecule has 0 fully saturated rings. The molecule has 0 atom stereocenters. The molecule has 10 heteroatoms. The number of amides is 2. The maximum absolute atomic E-state index is 11.4. The Morgan fingerprint density at radius 2 is 1.55 bits per heavy atom. The van der Waals surface area contributed by atoms with Gasteiger partial charge in [0.05, 0.1) is 17.3 Å². The number of aromatic nitrogens is 3. The molecule has 0 aliphatic carbocycles. The molecule has 0 radical (unpaired) electrons. The number of nitriles is 1. The Kier molecular flexibility index (Phi) is 5.41. The molecule has 10 nitrogen and oxygen atoms in total. The molecule has 146 valence electrons. The van der Waals surface area contributed by atoms with Gasteiger partial charge in [0.15, 0.2) is 0 Å². The van der Waals surface area contributed by atoms with Gasteiger partial charge in [-0.3, -0.25) is 9.59 Å². The van der Waals surface area contributed by atoms with Crippen LogP contribution in [0.4, 0.5) is 29.0 Å². The topological polar surface area (TPSA) is 151 Å². The van der Waals surface area contributed by atoms with E-state index in [1.54, 1.807) is 42.5 Å². The fourth-order valence-corrected chi connectivity index (χ4v) is 2.62. The molecule has 0 saturated carbocycles. The third-order valence-corrected chi connectivity index (χ3v) is 3.70. The Balaban J connectivity index is 1.89. The smallest absolute Gasteiger partial charge is 0.248 e. The minimum Gasteiger partial charge on any atom is -0.368 e. The van der Waals surface area contributed by atoms with E-state index in [1.165, 1.54) is 18.5 Å². The lowest BCUT2D eigenvalue weighted by Gasteiger charge is -2.10. The maximum atomic E-state index is 11.4. The van der Waals surface area contributed by atoms with Gasteiger partial charge < -0.3 is 21.7 Å². The molecular weight excluding hydrogens is 372 g/mol. The van der Waals surface area contributed by atoms with Gasteiger partial charge in [-0.25, -0.2) is 0 Å². The first-order chi connectivity index (χ1) is 13.8. The van der Waals surface area contributed by atoms with Gasteiger partial charge in [0.1, 0.15) is 0 Å². The van der Waals surface area contributed by atoms with Crippen molar-refractivity contribution in [3.05, 3.63) is 48.0 Å². The van der Waals surface area contributed by atoms with Gasteiger partial charge in [0, 0.05) is 30.9 Å². The molecule has 29 heavy (non-hydrogen) atoms. The van der Waals surface area contributed by atoms with Gasteiger partial charge in [-0.05, 0) is 42.5 Å². The van der Waals surface area contributed by atoms with Crippen LogP contribution < -0.4 is 21.7 Å². The molecule has 5 N–H and O–H groups in total. The number of rotatable bonds is 5. The van der Waals surface area contributed by atoms with Crippen molar-refractivity contribution in [2.45, 2.75) is 13.8 Å². The summed E-state index contributed by atoms with van der Waals surface area (Å²) in [6.45, 7) is 2.78. The van der Waals surface area contributed by atoms with Crippen LogP contribution in [0.3, 0.4) is 0 Å². The van der Waals surface area contributed by atoms with Crippen molar-refractivity contribution < 1.29 is 9.59 Å². The van der Waals surface area contributed by atoms with E-state index in [0.29, 0.717) is 28.3 Å². The Bertz CT molecular complexity index is 1080. The van der Waals surface area contributed by atoms with Gasteiger partial charge in [0.25, 0.3) is 0 Å². The number of benzene rings is 2. The number of nitrogens with zero attached hydrogens (tertiary/aromatic N) is 4. The second-order valence-corrected chi connectivity index (χ2v) is 6.15. The summed E-state index contributed by atoms with van der Waals surface area (Å²) in [5, 5.41) is 21.6. The number of hydrogen-bond donors (Lipinski definition) is 4. The third-order valence-electron chi connectivity index (χ3n) is 3.70. The van der Waals surface area contributed by atoms with Crippen molar-refractivity contribution in [1.82, 2.24) is 14.8 Å². The van der Waals surface area contributed by atoms with E-state index in [0.717, 1.165) is 0 Å².